The number of hydrogen-bond acceptors (Lipinski definition) is 4. The number of rotatable bonds is 2. The van der Waals surface area contributed by atoms with E-state index in [1.54, 1.807) is 0 Å². The maximum absolute atomic E-state index is 14.3. The van der Waals surface area contributed by atoms with Crippen molar-refractivity contribution in [3.63, 3.8) is 0 Å². The Balaban J connectivity index is 1.79. The lowest BCUT2D eigenvalue weighted by atomic mass is 9.85. The normalized spacial score (nSPS) is 27.2. The van der Waals surface area contributed by atoms with E-state index in [9.17, 15) is 4.39 Å². The summed E-state index contributed by atoms with van der Waals surface area (Å²) >= 11 is 0. The number of aromatic nitrogens is 2. The number of halogens is 1. The Bertz CT molecular complexity index is 451. The quantitative estimate of drug-likeness (QED) is 0.883. The molecule has 1 N–H and O–H groups in total. The van der Waals surface area contributed by atoms with E-state index >= 15 is 0 Å². The van der Waals surface area contributed by atoms with Gasteiger partial charge in [-0.15, -0.1) is 0 Å². The Kier molecular flexibility index (Phi) is 3.64. The molecule has 104 valence electrons. The van der Waals surface area contributed by atoms with Gasteiger partial charge in [0.2, 0.25) is 0 Å². The van der Waals surface area contributed by atoms with Crippen molar-refractivity contribution < 1.29 is 4.39 Å². The van der Waals surface area contributed by atoms with Gasteiger partial charge in [0, 0.05) is 19.1 Å². The molecule has 0 aliphatic carbocycles. The number of fused-ring (bicyclic) bond motifs is 1. The average Bonchev–Trinajstić information content (AvgIpc) is 2.47. The number of nitrogens with one attached hydrogen (secondary N) is 1. The second kappa shape index (κ2) is 5.41. The van der Waals surface area contributed by atoms with E-state index in [2.05, 4.69) is 20.2 Å². The largest absolute Gasteiger partial charge is 0.354 e. The standard InChI is InChI=1S/C14H21FN4/c1-2-11-13(15)14(18-9-17-11)19-7-5-12-10(8-19)4-3-6-16-12/h9-10,12,16H,2-8H2,1H3. The minimum atomic E-state index is -0.229. The van der Waals surface area contributed by atoms with Crippen LogP contribution in [0.5, 0.6) is 0 Å². The molecule has 2 atom stereocenters. The molecule has 0 radical (unpaired) electrons. The second-order valence-corrected chi connectivity index (χ2v) is 5.51. The zero-order valence-corrected chi connectivity index (χ0v) is 11.4. The van der Waals surface area contributed by atoms with Gasteiger partial charge in [-0.25, -0.2) is 14.4 Å². The van der Waals surface area contributed by atoms with Crippen LogP contribution < -0.4 is 10.2 Å². The fourth-order valence-corrected chi connectivity index (χ4v) is 3.30. The van der Waals surface area contributed by atoms with Crippen molar-refractivity contribution in [1.82, 2.24) is 15.3 Å². The third-order valence-electron chi connectivity index (χ3n) is 4.37. The lowest BCUT2D eigenvalue weighted by Gasteiger charge is -2.42. The van der Waals surface area contributed by atoms with Crippen molar-refractivity contribution in [3.8, 4) is 0 Å². The van der Waals surface area contributed by atoms with Crippen LogP contribution in [-0.2, 0) is 6.42 Å². The fourth-order valence-electron chi connectivity index (χ4n) is 3.30. The Morgan fingerprint density at radius 3 is 3.16 bits per heavy atom. The first-order valence-corrected chi connectivity index (χ1v) is 7.27. The molecule has 0 aromatic carbocycles. The molecule has 5 heteroatoms. The molecule has 1 aromatic rings. The van der Waals surface area contributed by atoms with Gasteiger partial charge in [0.25, 0.3) is 0 Å². The number of hydrogen-bond donors (Lipinski definition) is 1. The summed E-state index contributed by atoms with van der Waals surface area (Å²) < 4.78 is 14.3. The van der Waals surface area contributed by atoms with Gasteiger partial charge in [-0.3, -0.25) is 0 Å². The van der Waals surface area contributed by atoms with Crippen molar-refractivity contribution >= 4 is 5.82 Å². The summed E-state index contributed by atoms with van der Waals surface area (Å²) in [5, 5.41) is 3.58. The van der Waals surface area contributed by atoms with E-state index in [0.29, 0.717) is 29.9 Å². The molecule has 4 nitrogen and oxygen atoms in total. The molecule has 1 aromatic heterocycles. The Hall–Kier alpha value is -1.23. The van der Waals surface area contributed by atoms with E-state index in [1.807, 2.05) is 6.92 Å². The molecule has 0 spiro atoms. The summed E-state index contributed by atoms with van der Waals surface area (Å²) in [5.41, 5.74) is 0.522. The van der Waals surface area contributed by atoms with E-state index in [4.69, 9.17) is 0 Å². The first kappa shape index (κ1) is 12.8. The molecule has 2 fully saturated rings. The molecule has 3 rings (SSSR count). The first-order valence-electron chi connectivity index (χ1n) is 7.27. The third kappa shape index (κ3) is 2.43. The molecule has 0 saturated carbocycles. The van der Waals surface area contributed by atoms with Gasteiger partial charge < -0.3 is 10.2 Å². The van der Waals surface area contributed by atoms with Crippen molar-refractivity contribution in [2.24, 2.45) is 5.92 Å². The maximum Gasteiger partial charge on any atom is 0.187 e. The van der Waals surface area contributed by atoms with Crippen molar-refractivity contribution in [2.75, 3.05) is 24.5 Å². The van der Waals surface area contributed by atoms with Gasteiger partial charge in [0.05, 0.1) is 5.69 Å². The predicted octanol–water partition coefficient (Wildman–Crippen LogP) is 1.76. The average molecular weight is 264 g/mol. The van der Waals surface area contributed by atoms with E-state index < -0.39 is 0 Å². The molecular weight excluding hydrogens is 243 g/mol. The zero-order valence-electron chi connectivity index (χ0n) is 11.4. The summed E-state index contributed by atoms with van der Waals surface area (Å²) in [4.78, 5) is 10.3. The van der Waals surface area contributed by atoms with Crippen LogP contribution in [0, 0.1) is 11.7 Å². The SMILES string of the molecule is CCc1ncnc(N2CCC3NCCCC3C2)c1F. The predicted molar refractivity (Wildman–Crippen MR) is 72.7 cm³/mol. The van der Waals surface area contributed by atoms with Crippen LogP contribution in [0.3, 0.4) is 0 Å². The van der Waals surface area contributed by atoms with Crippen LogP contribution in [0.15, 0.2) is 6.33 Å². The van der Waals surface area contributed by atoms with E-state index in [1.165, 1.54) is 19.2 Å². The van der Waals surface area contributed by atoms with Crippen LogP contribution in [0.2, 0.25) is 0 Å². The molecule has 3 heterocycles. The molecule has 2 aliphatic rings. The van der Waals surface area contributed by atoms with Gasteiger partial charge in [-0.05, 0) is 38.1 Å². The second-order valence-electron chi connectivity index (χ2n) is 5.51. The van der Waals surface area contributed by atoms with Gasteiger partial charge in [-0.1, -0.05) is 6.92 Å². The van der Waals surface area contributed by atoms with Crippen molar-refractivity contribution in [2.45, 2.75) is 38.6 Å². The lowest BCUT2D eigenvalue weighted by Crippen LogP contribution is -2.52. The number of anilines is 1. The summed E-state index contributed by atoms with van der Waals surface area (Å²) in [6, 6.07) is 0.612. The Morgan fingerprint density at radius 2 is 2.32 bits per heavy atom. The molecular formula is C14H21FN4. The van der Waals surface area contributed by atoms with Gasteiger partial charge >= 0.3 is 0 Å². The maximum atomic E-state index is 14.3. The topological polar surface area (TPSA) is 41.1 Å². The highest BCUT2D eigenvalue weighted by Gasteiger charge is 2.32. The van der Waals surface area contributed by atoms with Gasteiger partial charge in [-0.2, -0.15) is 0 Å². The molecule has 2 saturated heterocycles. The van der Waals surface area contributed by atoms with Crippen LogP contribution in [-0.4, -0.2) is 35.6 Å². The molecule has 19 heavy (non-hydrogen) atoms. The highest BCUT2D eigenvalue weighted by atomic mass is 19.1. The van der Waals surface area contributed by atoms with Crippen LogP contribution >= 0.6 is 0 Å². The minimum absolute atomic E-state index is 0.229. The van der Waals surface area contributed by atoms with E-state index in [-0.39, 0.29) is 5.82 Å². The zero-order chi connectivity index (χ0) is 13.2. The van der Waals surface area contributed by atoms with Gasteiger partial charge in [0.15, 0.2) is 11.6 Å². The molecule has 2 aliphatic heterocycles. The van der Waals surface area contributed by atoms with Gasteiger partial charge in [0.1, 0.15) is 6.33 Å². The van der Waals surface area contributed by atoms with Crippen molar-refractivity contribution in [1.29, 1.82) is 0 Å². The number of piperidine rings is 2. The number of nitrogens with zero attached hydrogens (tertiary/aromatic N) is 3. The highest BCUT2D eigenvalue weighted by Crippen LogP contribution is 2.29. The van der Waals surface area contributed by atoms with E-state index in [0.717, 1.165) is 26.1 Å². The third-order valence-corrected chi connectivity index (χ3v) is 4.37. The monoisotopic (exact) mass is 264 g/mol. The Morgan fingerprint density at radius 1 is 1.42 bits per heavy atom. The Labute approximate surface area is 113 Å². The number of aryl methyl sites for hydroxylation is 1. The summed E-state index contributed by atoms with van der Waals surface area (Å²) in [6.45, 7) is 4.84. The summed E-state index contributed by atoms with van der Waals surface area (Å²) in [5.74, 6) is 0.894. The smallest absolute Gasteiger partial charge is 0.187 e. The first-order chi connectivity index (χ1) is 9.29. The summed E-state index contributed by atoms with van der Waals surface area (Å²) in [6.07, 6.45) is 5.64. The fraction of sp³-hybridized carbons (Fsp3) is 0.714. The van der Waals surface area contributed by atoms with Crippen molar-refractivity contribution in [3.05, 3.63) is 17.8 Å². The molecule has 2 unspecified atom stereocenters. The highest BCUT2D eigenvalue weighted by molar-refractivity contribution is 5.41. The van der Waals surface area contributed by atoms with Crippen LogP contribution in [0.4, 0.5) is 10.2 Å². The molecule has 0 bridgehead atoms. The van der Waals surface area contributed by atoms with Crippen LogP contribution in [0.25, 0.3) is 0 Å². The lowest BCUT2D eigenvalue weighted by molar-refractivity contribution is 0.243. The summed E-state index contributed by atoms with van der Waals surface area (Å²) in [7, 11) is 0. The molecule has 0 amide bonds. The minimum Gasteiger partial charge on any atom is -0.354 e. The van der Waals surface area contributed by atoms with Crippen LogP contribution in [0.1, 0.15) is 31.9 Å².